The van der Waals surface area contributed by atoms with Crippen molar-refractivity contribution < 1.29 is 19.1 Å². The van der Waals surface area contributed by atoms with Crippen molar-refractivity contribution in [3.8, 4) is 0 Å². The van der Waals surface area contributed by atoms with Gasteiger partial charge in [-0.1, -0.05) is 6.92 Å². The van der Waals surface area contributed by atoms with E-state index in [0.717, 1.165) is 12.5 Å². The molecule has 0 saturated carbocycles. The van der Waals surface area contributed by atoms with E-state index in [-0.39, 0.29) is 47.9 Å². The third-order valence-electron chi connectivity index (χ3n) is 4.06. The van der Waals surface area contributed by atoms with Crippen molar-refractivity contribution in [2.24, 2.45) is 16.8 Å². The summed E-state index contributed by atoms with van der Waals surface area (Å²) in [6.45, 7) is 9.89. The predicted molar refractivity (Wildman–Crippen MR) is 112 cm³/mol. The molecule has 2 atom stereocenters. The van der Waals surface area contributed by atoms with Crippen molar-refractivity contribution in [1.29, 1.82) is 0 Å². The van der Waals surface area contributed by atoms with Gasteiger partial charge in [0.1, 0.15) is 5.60 Å². The van der Waals surface area contributed by atoms with Crippen LogP contribution < -0.4 is 5.32 Å². The van der Waals surface area contributed by atoms with E-state index in [2.05, 4.69) is 10.3 Å². The molecule has 0 aromatic carbocycles. The van der Waals surface area contributed by atoms with Gasteiger partial charge in [0.25, 0.3) is 0 Å². The van der Waals surface area contributed by atoms with Gasteiger partial charge in [0.15, 0.2) is 5.96 Å². The Bertz CT molecular complexity index is 507. The quantitative estimate of drug-likeness (QED) is 0.284. The van der Waals surface area contributed by atoms with Gasteiger partial charge in [-0.2, -0.15) is 0 Å². The minimum absolute atomic E-state index is 0. The number of nitrogens with one attached hydrogen (secondary N) is 1. The summed E-state index contributed by atoms with van der Waals surface area (Å²) in [5, 5.41) is 3.23. The molecule has 1 aliphatic heterocycles. The maximum absolute atomic E-state index is 11.9. The van der Waals surface area contributed by atoms with Crippen LogP contribution in [0.4, 0.5) is 4.79 Å². The van der Waals surface area contributed by atoms with Gasteiger partial charge in [-0.05, 0) is 26.7 Å². The highest BCUT2D eigenvalue weighted by Crippen LogP contribution is 2.24. The number of rotatable bonds is 4. The lowest BCUT2D eigenvalue weighted by Crippen LogP contribution is -2.44. The maximum atomic E-state index is 11.9. The molecule has 1 N–H and O–H groups in total. The zero-order valence-electron chi connectivity index (χ0n) is 16.9. The molecule has 26 heavy (non-hydrogen) atoms. The summed E-state index contributed by atoms with van der Waals surface area (Å²) >= 11 is 0. The van der Waals surface area contributed by atoms with Crippen molar-refractivity contribution in [2.45, 2.75) is 33.3 Å². The van der Waals surface area contributed by atoms with Crippen LogP contribution in [0.2, 0.25) is 0 Å². The summed E-state index contributed by atoms with van der Waals surface area (Å²) < 4.78 is 10.2. The standard InChI is InChI=1S/C17H32N4O4.HI/c1-12-10-21(11-13(12)14(22)24-7)15(18-5)19-8-9-20(6)16(23)25-17(2,3)4;/h12-13H,8-11H2,1-7H3,(H,18,19);1H. The molecule has 1 heterocycles. The Morgan fingerprint density at radius 1 is 1.31 bits per heavy atom. The first-order valence-corrected chi connectivity index (χ1v) is 8.56. The molecule has 0 aliphatic carbocycles. The third kappa shape index (κ3) is 7.55. The number of likely N-dealkylation sites (tertiary alicyclic amines) is 1. The molecule has 8 nitrogen and oxygen atoms in total. The van der Waals surface area contributed by atoms with Gasteiger partial charge in [0, 0.05) is 40.3 Å². The largest absolute Gasteiger partial charge is 0.469 e. The summed E-state index contributed by atoms with van der Waals surface area (Å²) in [5.74, 6) is 0.592. The Labute approximate surface area is 173 Å². The number of hydrogen-bond donors (Lipinski definition) is 1. The fourth-order valence-corrected chi connectivity index (χ4v) is 2.70. The topological polar surface area (TPSA) is 83.5 Å². The highest BCUT2D eigenvalue weighted by molar-refractivity contribution is 14.0. The summed E-state index contributed by atoms with van der Waals surface area (Å²) in [7, 11) is 4.82. The van der Waals surface area contributed by atoms with Crippen LogP contribution in [0.1, 0.15) is 27.7 Å². The van der Waals surface area contributed by atoms with E-state index in [1.807, 2.05) is 32.6 Å². The average molecular weight is 484 g/mol. The Balaban J connectivity index is 0.00000625. The van der Waals surface area contributed by atoms with Crippen LogP contribution in [0.25, 0.3) is 0 Å². The molecular formula is C17H33IN4O4. The fraction of sp³-hybridized carbons (Fsp3) is 0.824. The zero-order chi connectivity index (χ0) is 19.2. The van der Waals surface area contributed by atoms with Gasteiger partial charge < -0.3 is 24.6 Å². The summed E-state index contributed by atoms with van der Waals surface area (Å²) in [6.07, 6.45) is -0.357. The number of hydrogen-bond acceptors (Lipinski definition) is 5. The molecule has 0 aromatic rings. The van der Waals surface area contributed by atoms with Gasteiger partial charge in [-0.3, -0.25) is 9.79 Å². The van der Waals surface area contributed by atoms with Gasteiger partial charge in [-0.25, -0.2) is 4.79 Å². The Morgan fingerprint density at radius 3 is 2.42 bits per heavy atom. The molecule has 1 fully saturated rings. The van der Waals surface area contributed by atoms with Crippen LogP contribution in [-0.2, 0) is 14.3 Å². The summed E-state index contributed by atoms with van der Waals surface area (Å²) in [6, 6.07) is 0. The predicted octanol–water partition coefficient (Wildman–Crippen LogP) is 1.79. The van der Waals surface area contributed by atoms with Gasteiger partial charge in [-0.15, -0.1) is 24.0 Å². The molecule has 9 heteroatoms. The second-order valence-corrected chi connectivity index (χ2v) is 7.39. The van der Waals surface area contributed by atoms with Crippen LogP contribution in [0.5, 0.6) is 0 Å². The fourth-order valence-electron chi connectivity index (χ4n) is 2.70. The number of guanidine groups is 1. The number of halogens is 1. The lowest BCUT2D eigenvalue weighted by atomic mass is 9.99. The molecule has 0 spiro atoms. The van der Waals surface area contributed by atoms with Crippen LogP contribution in [0.3, 0.4) is 0 Å². The highest BCUT2D eigenvalue weighted by Gasteiger charge is 2.36. The number of likely N-dealkylation sites (N-methyl/N-ethyl adjacent to an activating group) is 1. The third-order valence-corrected chi connectivity index (χ3v) is 4.06. The molecular weight excluding hydrogens is 451 g/mol. The van der Waals surface area contributed by atoms with Crippen LogP contribution in [-0.4, -0.2) is 80.8 Å². The van der Waals surface area contributed by atoms with Gasteiger partial charge >= 0.3 is 12.1 Å². The zero-order valence-corrected chi connectivity index (χ0v) is 19.2. The smallest absolute Gasteiger partial charge is 0.410 e. The van der Waals surface area contributed by atoms with E-state index in [9.17, 15) is 9.59 Å². The van der Waals surface area contributed by atoms with Crippen molar-refractivity contribution >= 4 is 42.0 Å². The van der Waals surface area contributed by atoms with Crippen molar-refractivity contribution in [2.75, 3.05) is 47.4 Å². The van der Waals surface area contributed by atoms with Gasteiger partial charge in [0.2, 0.25) is 0 Å². The Hall–Kier alpha value is -1.26. The number of methoxy groups -OCH3 is 1. The normalized spacial score (nSPS) is 20.3. The van der Waals surface area contributed by atoms with Crippen LogP contribution in [0.15, 0.2) is 4.99 Å². The second-order valence-electron chi connectivity index (χ2n) is 7.39. The molecule has 2 unspecified atom stereocenters. The maximum Gasteiger partial charge on any atom is 0.410 e. The van der Waals surface area contributed by atoms with E-state index in [0.29, 0.717) is 19.6 Å². The number of esters is 1. The number of amides is 1. The first-order valence-electron chi connectivity index (χ1n) is 8.56. The van der Waals surface area contributed by atoms with Crippen molar-refractivity contribution in [1.82, 2.24) is 15.1 Å². The van der Waals surface area contributed by atoms with E-state index in [4.69, 9.17) is 9.47 Å². The molecule has 1 rings (SSSR count). The number of carbonyl (C=O) groups excluding carboxylic acids is 2. The minimum Gasteiger partial charge on any atom is -0.469 e. The van der Waals surface area contributed by atoms with E-state index >= 15 is 0 Å². The molecule has 1 aliphatic rings. The van der Waals surface area contributed by atoms with E-state index in [1.165, 1.54) is 12.0 Å². The number of nitrogens with zero attached hydrogens (tertiary/aromatic N) is 3. The van der Waals surface area contributed by atoms with Crippen LogP contribution in [0, 0.1) is 11.8 Å². The molecule has 1 saturated heterocycles. The SMILES string of the molecule is CN=C(NCCN(C)C(=O)OC(C)(C)C)N1CC(C)C(C(=O)OC)C1.I. The Morgan fingerprint density at radius 2 is 1.92 bits per heavy atom. The summed E-state index contributed by atoms with van der Waals surface area (Å²) in [5.41, 5.74) is -0.511. The van der Waals surface area contributed by atoms with Crippen LogP contribution >= 0.6 is 24.0 Å². The highest BCUT2D eigenvalue weighted by atomic mass is 127. The van der Waals surface area contributed by atoms with Crippen molar-refractivity contribution in [3.63, 3.8) is 0 Å². The minimum atomic E-state index is -0.511. The first-order chi connectivity index (χ1) is 11.6. The molecule has 1 amide bonds. The number of ether oxygens (including phenoxy) is 2. The lowest BCUT2D eigenvalue weighted by molar-refractivity contribution is -0.145. The monoisotopic (exact) mass is 484 g/mol. The Kier molecular flexibility index (Phi) is 10.3. The average Bonchev–Trinajstić information content (AvgIpc) is 2.90. The van der Waals surface area contributed by atoms with Gasteiger partial charge in [0.05, 0.1) is 13.0 Å². The lowest BCUT2D eigenvalue weighted by Gasteiger charge is -2.26. The first kappa shape index (κ1) is 24.7. The molecule has 152 valence electrons. The molecule has 0 radical (unpaired) electrons. The number of aliphatic imine (C=N–C) groups is 1. The molecule has 0 aromatic heterocycles. The molecule has 0 bridgehead atoms. The van der Waals surface area contributed by atoms with E-state index in [1.54, 1.807) is 14.1 Å². The number of carbonyl (C=O) groups is 2. The van der Waals surface area contributed by atoms with Crippen molar-refractivity contribution in [3.05, 3.63) is 0 Å². The van der Waals surface area contributed by atoms with E-state index < -0.39 is 5.60 Å². The second kappa shape index (κ2) is 10.8. The summed E-state index contributed by atoms with van der Waals surface area (Å²) in [4.78, 5) is 31.6.